The van der Waals surface area contributed by atoms with Gasteiger partial charge in [-0.25, -0.2) is 12.7 Å². The topological polar surface area (TPSA) is 66.5 Å². The number of anilines is 1. The van der Waals surface area contributed by atoms with Gasteiger partial charge in [0, 0.05) is 23.8 Å². The average Bonchev–Trinajstić information content (AvgIpc) is 2.67. The van der Waals surface area contributed by atoms with E-state index in [4.69, 9.17) is 11.6 Å². The monoisotopic (exact) mass is 460 g/mol. The maximum Gasteiger partial charge on any atom is 0.416 e. The Kier molecular flexibility index (Phi) is 6.74. The Bertz CT molecular complexity index is 1010. The molecule has 0 aliphatic carbocycles. The van der Waals surface area contributed by atoms with Crippen LogP contribution in [0.4, 0.5) is 18.9 Å². The van der Waals surface area contributed by atoms with Crippen LogP contribution in [0.5, 0.6) is 0 Å². The van der Waals surface area contributed by atoms with Crippen LogP contribution in [0.15, 0.2) is 48.5 Å². The van der Waals surface area contributed by atoms with E-state index in [0.717, 1.165) is 12.1 Å². The number of sulfonamides is 1. The van der Waals surface area contributed by atoms with Crippen molar-refractivity contribution in [3.05, 3.63) is 64.7 Å². The molecule has 2 aromatic carbocycles. The van der Waals surface area contributed by atoms with Gasteiger partial charge in [0.1, 0.15) is 0 Å². The number of alkyl halides is 3. The Morgan fingerprint density at radius 1 is 1.17 bits per heavy atom. The van der Waals surface area contributed by atoms with E-state index in [0.29, 0.717) is 30.0 Å². The van der Waals surface area contributed by atoms with Crippen molar-refractivity contribution in [2.24, 2.45) is 5.92 Å². The molecular weight excluding hydrogens is 441 g/mol. The lowest BCUT2D eigenvalue weighted by molar-refractivity contribution is -0.137. The Hall–Kier alpha value is -2.10. The van der Waals surface area contributed by atoms with Crippen LogP contribution in [0.2, 0.25) is 5.02 Å². The zero-order valence-corrected chi connectivity index (χ0v) is 17.4. The van der Waals surface area contributed by atoms with Crippen molar-refractivity contribution in [2.75, 3.05) is 18.4 Å². The van der Waals surface area contributed by atoms with Crippen molar-refractivity contribution in [1.29, 1.82) is 0 Å². The number of carbonyl (C=O) groups excluding carboxylic acids is 1. The lowest BCUT2D eigenvalue weighted by Crippen LogP contribution is -2.44. The van der Waals surface area contributed by atoms with E-state index in [1.807, 2.05) is 0 Å². The highest BCUT2D eigenvalue weighted by molar-refractivity contribution is 7.88. The summed E-state index contributed by atoms with van der Waals surface area (Å²) in [6.45, 7) is 0.336. The molecule has 5 nitrogen and oxygen atoms in total. The summed E-state index contributed by atoms with van der Waals surface area (Å²) < 4.78 is 64.8. The van der Waals surface area contributed by atoms with Crippen molar-refractivity contribution < 1.29 is 26.4 Å². The number of amides is 1. The SMILES string of the molecule is O=C(Nc1ccc(C(F)(F)F)cc1)C1CCCN(S(=O)(=O)Cc2cccc(Cl)c2)C1. The van der Waals surface area contributed by atoms with Crippen molar-refractivity contribution in [1.82, 2.24) is 4.31 Å². The fourth-order valence-corrected chi connectivity index (χ4v) is 5.14. The van der Waals surface area contributed by atoms with Gasteiger partial charge in [-0.05, 0) is 54.8 Å². The summed E-state index contributed by atoms with van der Waals surface area (Å²) in [5.41, 5.74) is -0.0258. The second kappa shape index (κ2) is 8.95. The Balaban J connectivity index is 1.64. The molecule has 1 saturated heterocycles. The highest BCUT2D eigenvalue weighted by Gasteiger charge is 2.33. The minimum absolute atomic E-state index is 0.0232. The molecule has 1 heterocycles. The van der Waals surface area contributed by atoms with Crippen LogP contribution in [0.25, 0.3) is 0 Å². The summed E-state index contributed by atoms with van der Waals surface area (Å²) in [6.07, 6.45) is -3.45. The van der Waals surface area contributed by atoms with Gasteiger partial charge < -0.3 is 5.32 Å². The van der Waals surface area contributed by atoms with E-state index < -0.39 is 33.6 Å². The van der Waals surface area contributed by atoms with Crippen molar-refractivity contribution in [3.63, 3.8) is 0 Å². The third-order valence-corrected chi connectivity index (χ3v) is 6.92. The summed E-state index contributed by atoms with van der Waals surface area (Å²) in [6, 6.07) is 10.7. The zero-order valence-electron chi connectivity index (χ0n) is 15.8. The largest absolute Gasteiger partial charge is 0.416 e. The first-order chi connectivity index (χ1) is 14.0. The zero-order chi connectivity index (χ0) is 21.9. The minimum Gasteiger partial charge on any atom is -0.326 e. The number of rotatable bonds is 5. The number of piperidine rings is 1. The van der Waals surface area contributed by atoms with Gasteiger partial charge in [0.25, 0.3) is 0 Å². The quantitative estimate of drug-likeness (QED) is 0.712. The molecular formula is C20H20ClF3N2O3S. The Labute approximate surface area is 177 Å². The van der Waals surface area contributed by atoms with E-state index in [9.17, 15) is 26.4 Å². The lowest BCUT2D eigenvalue weighted by Gasteiger charge is -2.31. The maximum absolute atomic E-state index is 12.8. The number of halogens is 4. The van der Waals surface area contributed by atoms with Crippen molar-refractivity contribution >= 4 is 33.2 Å². The van der Waals surface area contributed by atoms with Crippen molar-refractivity contribution in [2.45, 2.75) is 24.8 Å². The molecule has 0 saturated carbocycles. The van der Waals surface area contributed by atoms with E-state index >= 15 is 0 Å². The van der Waals surface area contributed by atoms with Gasteiger partial charge in [-0.15, -0.1) is 0 Å². The molecule has 2 aromatic rings. The average molecular weight is 461 g/mol. The second-order valence-electron chi connectivity index (χ2n) is 7.15. The highest BCUT2D eigenvalue weighted by Crippen LogP contribution is 2.30. The predicted octanol–water partition coefficient (Wildman–Crippen LogP) is 4.54. The number of carbonyl (C=O) groups is 1. The van der Waals surface area contributed by atoms with Gasteiger partial charge in [0.15, 0.2) is 0 Å². The third-order valence-electron chi connectivity index (χ3n) is 4.87. The molecule has 0 aromatic heterocycles. The molecule has 1 atom stereocenters. The van der Waals surface area contributed by atoms with Crippen LogP contribution < -0.4 is 5.32 Å². The first kappa shape index (κ1) is 22.6. The van der Waals surface area contributed by atoms with E-state index in [2.05, 4.69) is 5.32 Å². The number of benzene rings is 2. The molecule has 1 amide bonds. The first-order valence-corrected chi connectivity index (χ1v) is 11.2. The summed E-state index contributed by atoms with van der Waals surface area (Å²) in [5, 5.41) is 3.01. The molecule has 0 spiro atoms. The summed E-state index contributed by atoms with van der Waals surface area (Å²) in [4.78, 5) is 12.6. The number of nitrogens with zero attached hydrogens (tertiary/aromatic N) is 1. The lowest BCUT2D eigenvalue weighted by atomic mass is 9.98. The number of nitrogens with one attached hydrogen (secondary N) is 1. The van der Waals surface area contributed by atoms with E-state index in [-0.39, 0.29) is 18.0 Å². The van der Waals surface area contributed by atoms with Gasteiger partial charge in [-0.2, -0.15) is 13.2 Å². The summed E-state index contributed by atoms with van der Waals surface area (Å²) >= 11 is 5.91. The van der Waals surface area contributed by atoms with Gasteiger partial charge in [0.2, 0.25) is 15.9 Å². The van der Waals surface area contributed by atoms with Crippen LogP contribution in [0, 0.1) is 5.92 Å². The molecule has 10 heteroatoms. The molecule has 30 heavy (non-hydrogen) atoms. The van der Waals surface area contributed by atoms with Gasteiger partial charge in [-0.3, -0.25) is 4.79 Å². The standard InChI is InChI=1S/C20H20ClF3N2O3S/c21-17-5-1-3-14(11-17)13-30(28,29)26-10-2-4-15(12-26)19(27)25-18-8-6-16(7-9-18)20(22,23)24/h1,3,5-9,11,15H,2,4,10,12-13H2,(H,25,27). The van der Waals surface area contributed by atoms with E-state index in [1.165, 1.54) is 16.4 Å². The van der Waals surface area contributed by atoms with Crippen LogP contribution in [-0.2, 0) is 26.7 Å². The van der Waals surface area contributed by atoms with Crippen LogP contribution in [-0.4, -0.2) is 31.7 Å². The third kappa shape index (κ3) is 5.74. The summed E-state index contributed by atoms with van der Waals surface area (Å²) in [7, 11) is -3.64. The van der Waals surface area contributed by atoms with Gasteiger partial charge in [0.05, 0.1) is 17.2 Å². The minimum atomic E-state index is -4.45. The molecule has 3 rings (SSSR count). The normalized spacial score (nSPS) is 18.2. The maximum atomic E-state index is 12.8. The van der Waals surface area contributed by atoms with Crippen LogP contribution in [0.3, 0.4) is 0 Å². The Morgan fingerprint density at radius 2 is 1.87 bits per heavy atom. The fraction of sp³-hybridized carbons (Fsp3) is 0.350. The molecule has 1 N–H and O–H groups in total. The second-order valence-corrected chi connectivity index (χ2v) is 9.55. The smallest absolute Gasteiger partial charge is 0.326 e. The fourth-order valence-electron chi connectivity index (χ4n) is 3.32. The number of hydrogen-bond acceptors (Lipinski definition) is 3. The molecule has 162 valence electrons. The number of hydrogen-bond donors (Lipinski definition) is 1. The summed E-state index contributed by atoms with van der Waals surface area (Å²) in [5.74, 6) is -1.23. The highest BCUT2D eigenvalue weighted by atomic mass is 35.5. The van der Waals surface area contributed by atoms with Crippen LogP contribution >= 0.6 is 11.6 Å². The molecule has 1 fully saturated rings. The van der Waals surface area contributed by atoms with E-state index in [1.54, 1.807) is 24.3 Å². The predicted molar refractivity (Wildman–Crippen MR) is 108 cm³/mol. The molecule has 1 aliphatic heterocycles. The Morgan fingerprint density at radius 3 is 2.50 bits per heavy atom. The van der Waals surface area contributed by atoms with Gasteiger partial charge >= 0.3 is 6.18 Å². The van der Waals surface area contributed by atoms with Crippen molar-refractivity contribution in [3.8, 4) is 0 Å². The molecule has 0 bridgehead atoms. The van der Waals surface area contributed by atoms with Gasteiger partial charge in [-0.1, -0.05) is 23.7 Å². The van der Waals surface area contributed by atoms with Crippen LogP contribution in [0.1, 0.15) is 24.0 Å². The molecule has 1 aliphatic rings. The molecule has 1 unspecified atom stereocenters. The first-order valence-electron chi connectivity index (χ1n) is 9.25. The molecule has 0 radical (unpaired) electrons.